The fourth-order valence-corrected chi connectivity index (χ4v) is 5.41. The second kappa shape index (κ2) is 9.61. The molecule has 1 heterocycles. The van der Waals surface area contributed by atoms with Gasteiger partial charge in [0, 0.05) is 18.1 Å². The fraction of sp³-hybridized carbons (Fsp3) is 0.208. The summed E-state index contributed by atoms with van der Waals surface area (Å²) in [6.07, 6.45) is -6.33. The molecular weight excluding hydrogens is 528 g/mol. The number of carboxylic acid groups (broad SMARTS) is 1. The molecule has 0 fully saturated rings. The number of carbonyl (C=O) groups is 1. The van der Waals surface area contributed by atoms with Crippen LogP contribution in [0.5, 0.6) is 5.75 Å². The molecule has 1 atom stereocenters. The summed E-state index contributed by atoms with van der Waals surface area (Å²) < 4.78 is 115. The van der Waals surface area contributed by atoms with E-state index in [2.05, 4.69) is 0 Å². The van der Waals surface area contributed by atoms with Crippen molar-refractivity contribution in [3.63, 3.8) is 0 Å². The van der Waals surface area contributed by atoms with Gasteiger partial charge in [-0.15, -0.1) is 0 Å². The van der Waals surface area contributed by atoms with Crippen molar-refractivity contribution in [3.05, 3.63) is 77.6 Å². The minimum atomic E-state index is -4.83. The SMILES string of the molecule is O=C(O)CCC1CN(S(=O)(=O)c2cccc(C(F)(F)F)c2)c2cc(-c3cc(F)cc(F)c3F)ccc2O1. The topological polar surface area (TPSA) is 83.9 Å². The van der Waals surface area contributed by atoms with E-state index >= 15 is 0 Å². The molecule has 1 N–H and O–H groups in total. The van der Waals surface area contributed by atoms with Gasteiger partial charge in [0.05, 0.1) is 22.7 Å². The van der Waals surface area contributed by atoms with Crippen LogP contribution in [0.2, 0.25) is 0 Å². The molecule has 3 aromatic rings. The average molecular weight is 545 g/mol. The Morgan fingerprint density at radius 1 is 1.05 bits per heavy atom. The summed E-state index contributed by atoms with van der Waals surface area (Å²) in [4.78, 5) is 10.3. The zero-order valence-corrected chi connectivity index (χ0v) is 19.4. The first-order valence-corrected chi connectivity index (χ1v) is 12.1. The van der Waals surface area contributed by atoms with Crippen molar-refractivity contribution in [2.45, 2.75) is 30.0 Å². The number of carboxylic acids is 1. The Kier molecular flexibility index (Phi) is 6.84. The lowest BCUT2D eigenvalue weighted by Crippen LogP contribution is -2.43. The van der Waals surface area contributed by atoms with Crippen molar-refractivity contribution in [1.29, 1.82) is 0 Å². The van der Waals surface area contributed by atoms with E-state index < -0.39 is 68.3 Å². The lowest BCUT2D eigenvalue weighted by molar-refractivity contribution is -0.138. The lowest BCUT2D eigenvalue weighted by Gasteiger charge is -2.36. The fourth-order valence-electron chi connectivity index (χ4n) is 3.87. The van der Waals surface area contributed by atoms with Crippen molar-refractivity contribution in [1.82, 2.24) is 0 Å². The third-order valence-electron chi connectivity index (χ3n) is 5.62. The Bertz CT molecular complexity index is 1470. The molecule has 0 radical (unpaired) electrons. The van der Waals surface area contributed by atoms with E-state index in [0.717, 1.165) is 18.2 Å². The van der Waals surface area contributed by atoms with Crippen molar-refractivity contribution >= 4 is 21.7 Å². The first-order chi connectivity index (χ1) is 17.3. The number of rotatable bonds is 6. The van der Waals surface area contributed by atoms with Crippen LogP contribution < -0.4 is 9.04 Å². The molecule has 0 saturated heterocycles. The number of alkyl halides is 3. The molecule has 1 aliphatic rings. The van der Waals surface area contributed by atoms with Crippen LogP contribution in [0.1, 0.15) is 18.4 Å². The molecule has 3 aromatic carbocycles. The van der Waals surface area contributed by atoms with E-state index in [1.54, 1.807) is 0 Å². The summed E-state index contributed by atoms with van der Waals surface area (Å²) in [5.74, 6) is -5.25. The number of sulfonamides is 1. The van der Waals surface area contributed by atoms with Gasteiger partial charge in [-0.05, 0) is 48.4 Å². The molecule has 0 saturated carbocycles. The molecule has 37 heavy (non-hydrogen) atoms. The smallest absolute Gasteiger partial charge is 0.416 e. The van der Waals surface area contributed by atoms with Gasteiger partial charge < -0.3 is 9.84 Å². The Labute approximate surface area is 206 Å². The largest absolute Gasteiger partial charge is 0.486 e. The van der Waals surface area contributed by atoms with Crippen LogP contribution in [-0.2, 0) is 21.0 Å². The lowest BCUT2D eigenvalue weighted by atomic mass is 10.0. The van der Waals surface area contributed by atoms with Gasteiger partial charge >= 0.3 is 12.1 Å². The van der Waals surface area contributed by atoms with Gasteiger partial charge in [-0.1, -0.05) is 12.1 Å². The van der Waals surface area contributed by atoms with E-state index in [4.69, 9.17) is 9.84 Å². The van der Waals surface area contributed by atoms with Crippen LogP contribution >= 0.6 is 0 Å². The van der Waals surface area contributed by atoms with Crippen molar-refractivity contribution in [2.24, 2.45) is 0 Å². The molecular formula is C24H17F6NO5S. The zero-order valence-electron chi connectivity index (χ0n) is 18.6. The molecule has 0 spiro atoms. The highest BCUT2D eigenvalue weighted by atomic mass is 32.2. The highest BCUT2D eigenvalue weighted by molar-refractivity contribution is 7.92. The first-order valence-electron chi connectivity index (χ1n) is 10.6. The maximum atomic E-state index is 14.4. The Balaban J connectivity index is 1.85. The monoisotopic (exact) mass is 545 g/mol. The molecule has 0 aliphatic carbocycles. The highest BCUT2D eigenvalue weighted by Gasteiger charge is 2.37. The molecule has 6 nitrogen and oxygen atoms in total. The van der Waals surface area contributed by atoms with Gasteiger partial charge in [0.1, 0.15) is 17.7 Å². The number of halogens is 6. The summed E-state index contributed by atoms with van der Waals surface area (Å²) in [7, 11) is -4.69. The number of nitrogens with zero attached hydrogens (tertiary/aromatic N) is 1. The summed E-state index contributed by atoms with van der Waals surface area (Å²) in [5.41, 5.74) is -2.10. The van der Waals surface area contributed by atoms with Gasteiger partial charge in [-0.25, -0.2) is 21.6 Å². The molecule has 0 aromatic heterocycles. The Morgan fingerprint density at radius 2 is 1.78 bits per heavy atom. The van der Waals surface area contributed by atoms with Crippen LogP contribution in [-0.4, -0.2) is 32.1 Å². The maximum absolute atomic E-state index is 14.4. The summed E-state index contributed by atoms with van der Waals surface area (Å²) >= 11 is 0. The first kappa shape index (κ1) is 26.3. The van der Waals surface area contributed by atoms with E-state index in [0.29, 0.717) is 28.6 Å². The number of ether oxygens (including phenoxy) is 1. The van der Waals surface area contributed by atoms with Crippen LogP contribution in [0.15, 0.2) is 59.5 Å². The number of aliphatic carboxylic acids is 1. The molecule has 196 valence electrons. The Hall–Kier alpha value is -3.74. The standard InChI is InChI=1S/C24H17F6NO5S/c25-15-10-18(23(27)19(26)11-15)13-4-6-21-20(8-13)31(12-16(36-21)5-7-22(32)33)37(34,35)17-3-1-2-14(9-17)24(28,29)30/h1-4,6,8-11,16H,5,7,12H2,(H,32,33). The molecule has 4 rings (SSSR count). The van der Waals surface area contributed by atoms with E-state index in [-0.39, 0.29) is 29.8 Å². The van der Waals surface area contributed by atoms with Gasteiger partial charge in [-0.2, -0.15) is 13.2 Å². The minimum absolute atomic E-state index is 0.0989. The number of anilines is 1. The number of benzene rings is 3. The second-order valence-corrected chi connectivity index (χ2v) is 10.0. The van der Waals surface area contributed by atoms with Crippen LogP contribution in [0.25, 0.3) is 11.1 Å². The zero-order chi connectivity index (χ0) is 27.1. The number of hydrogen-bond donors (Lipinski definition) is 1. The van der Waals surface area contributed by atoms with E-state index in [9.17, 15) is 39.6 Å². The number of hydrogen-bond acceptors (Lipinski definition) is 4. The molecule has 13 heteroatoms. The van der Waals surface area contributed by atoms with Crippen molar-refractivity contribution in [2.75, 3.05) is 10.8 Å². The molecule has 1 aliphatic heterocycles. The van der Waals surface area contributed by atoms with Crippen molar-refractivity contribution in [3.8, 4) is 16.9 Å². The second-order valence-electron chi connectivity index (χ2n) is 8.17. The van der Waals surface area contributed by atoms with Crippen molar-refractivity contribution < 1.29 is 49.4 Å². The van der Waals surface area contributed by atoms with Gasteiger partial charge in [0.2, 0.25) is 0 Å². The van der Waals surface area contributed by atoms with Gasteiger partial charge in [0.25, 0.3) is 10.0 Å². The summed E-state index contributed by atoms with van der Waals surface area (Å²) in [6.45, 7) is -0.484. The van der Waals surface area contributed by atoms with Crippen LogP contribution in [0.4, 0.5) is 32.0 Å². The molecule has 1 unspecified atom stereocenters. The minimum Gasteiger partial charge on any atom is -0.486 e. The maximum Gasteiger partial charge on any atom is 0.416 e. The quantitative estimate of drug-likeness (QED) is 0.322. The molecule has 0 amide bonds. The third-order valence-corrected chi connectivity index (χ3v) is 7.40. The van der Waals surface area contributed by atoms with Crippen LogP contribution in [0.3, 0.4) is 0 Å². The van der Waals surface area contributed by atoms with E-state index in [1.165, 1.54) is 12.1 Å². The number of fused-ring (bicyclic) bond motifs is 1. The average Bonchev–Trinajstić information content (AvgIpc) is 2.83. The third kappa shape index (κ3) is 5.36. The summed E-state index contributed by atoms with van der Waals surface area (Å²) in [6, 6.07) is 7.54. The van der Waals surface area contributed by atoms with Gasteiger partial charge in [0.15, 0.2) is 11.6 Å². The normalized spacial score (nSPS) is 15.7. The predicted molar refractivity (Wildman–Crippen MR) is 119 cm³/mol. The molecule has 0 bridgehead atoms. The predicted octanol–water partition coefficient (Wildman–Crippen LogP) is 5.61. The van der Waals surface area contributed by atoms with E-state index in [1.807, 2.05) is 0 Å². The Morgan fingerprint density at radius 3 is 2.46 bits per heavy atom. The summed E-state index contributed by atoms with van der Waals surface area (Å²) in [5, 5.41) is 8.99. The van der Waals surface area contributed by atoms with Crippen LogP contribution in [0, 0.1) is 17.5 Å². The van der Waals surface area contributed by atoms with Gasteiger partial charge in [-0.3, -0.25) is 9.10 Å². The highest BCUT2D eigenvalue weighted by Crippen LogP contribution is 2.42.